The Morgan fingerprint density at radius 1 is 1.14 bits per heavy atom. The fourth-order valence-corrected chi connectivity index (χ4v) is 5.84. The highest BCUT2D eigenvalue weighted by molar-refractivity contribution is 7.89. The summed E-state index contributed by atoms with van der Waals surface area (Å²) in [4.78, 5) is 28.1. The molecule has 1 aliphatic heterocycles. The van der Waals surface area contributed by atoms with Crippen molar-refractivity contribution in [3.63, 3.8) is 0 Å². The number of para-hydroxylation sites is 1. The van der Waals surface area contributed by atoms with Crippen molar-refractivity contribution in [3.05, 3.63) is 78.1 Å². The van der Waals surface area contributed by atoms with E-state index >= 15 is 0 Å². The largest absolute Gasteiger partial charge is 0.497 e. The van der Waals surface area contributed by atoms with Crippen LogP contribution in [-0.2, 0) is 10.0 Å². The number of sulfonamides is 1. The molecule has 43 heavy (non-hydrogen) atoms. The molecule has 3 N–H and O–H groups in total. The lowest BCUT2D eigenvalue weighted by atomic mass is 9.99. The zero-order valence-electron chi connectivity index (χ0n) is 24.3. The van der Waals surface area contributed by atoms with E-state index in [0.29, 0.717) is 11.4 Å². The van der Waals surface area contributed by atoms with Crippen LogP contribution >= 0.6 is 0 Å². The number of hydrogen-bond donors (Lipinski definition) is 3. The number of urea groups is 1. The third-order valence-corrected chi connectivity index (χ3v) is 9.08. The number of hydrogen-bond acceptors (Lipinski definition) is 7. The average molecular weight is 615 g/mol. The second kappa shape index (κ2) is 13.4. The van der Waals surface area contributed by atoms with Gasteiger partial charge < -0.3 is 30.1 Å². The summed E-state index contributed by atoms with van der Waals surface area (Å²) in [5, 5.41) is 15.2. The zero-order chi connectivity index (χ0) is 31.3. The van der Waals surface area contributed by atoms with Crippen LogP contribution in [0.1, 0.15) is 24.2 Å². The monoisotopic (exact) mass is 614 g/mol. The van der Waals surface area contributed by atoms with E-state index < -0.39 is 39.9 Å². The molecule has 1 heterocycles. The highest BCUT2D eigenvalue weighted by Gasteiger charge is 2.36. The summed E-state index contributed by atoms with van der Waals surface area (Å²) < 4.78 is 52.9. The van der Waals surface area contributed by atoms with E-state index in [1.54, 1.807) is 37.3 Å². The van der Waals surface area contributed by atoms with Gasteiger partial charge in [-0.2, -0.15) is 4.31 Å². The van der Waals surface area contributed by atoms with Crippen molar-refractivity contribution in [2.45, 2.75) is 30.9 Å². The van der Waals surface area contributed by atoms with E-state index in [-0.39, 0.29) is 47.5 Å². The van der Waals surface area contributed by atoms with Crippen LogP contribution in [0.15, 0.2) is 71.6 Å². The fourth-order valence-electron chi connectivity index (χ4n) is 4.66. The molecule has 4 rings (SSSR count). The lowest BCUT2D eigenvalue weighted by Gasteiger charge is -2.38. The molecule has 3 aromatic rings. The molecule has 0 fully saturated rings. The minimum absolute atomic E-state index is 0.0590. The van der Waals surface area contributed by atoms with Crippen LogP contribution in [0.4, 0.5) is 20.6 Å². The number of methoxy groups -OCH3 is 1. The van der Waals surface area contributed by atoms with Crippen LogP contribution < -0.4 is 20.1 Å². The van der Waals surface area contributed by atoms with Gasteiger partial charge in [0, 0.05) is 25.2 Å². The maximum atomic E-state index is 13.7. The molecule has 13 heteroatoms. The molecule has 1 aliphatic rings. The SMILES string of the molecule is COc1ccc(S(=O)(=O)N(C)C[C@@H]2Oc3c(NC(=O)Nc4ccc(F)cc4)cccc3C(=O)N([C@@H](C)CO)C[C@H]2C)cc1. The molecule has 11 nitrogen and oxygen atoms in total. The van der Waals surface area contributed by atoms with E-state index in [9.17, 15) is 27.5 Å². The normalized spacial score (nSPS) is 17.7. The van der Waals surface area contributed by atoms with Gasteiger partial charge in [0.05, 0.1) is 42.4 Å². The molecule has 0 saturated carbocycles. The van der Waals surface area contributed by atoms with Crippen molar-refractivity contribution in [1.29, 1.82) is 0 Å². The van der Waals surface area contributed by atoms with Crippen LogP contribution in [0.25, 0.3) is 0 Å². The Morgan fingerprint density at radius 3 is 2.44 bits per heavy atom. The fraction of sp³-hybridized carbons (Fsp3) is 0.333. The minimum Gasteiger partial charge on any atom is -0.497 e. The molecule has 3 aromatic carbocycles. The second-order valence-electron chi connectivity index (χ2n) is 10.4. The number of halogens is 1. The first kappa shape index (κ1) is 31.7. The smallest absolute Gasteiger partial charge is 0.323 e. The van der Waals surface area contributed by atoms with Gasteiger partial charge in [-0.25, -0.2) is 17.6 Å². The number of fused-ring (bicyclic) bond motifs is 1. The number of carbonyl (C=O) groups is 2. The summed E-state index contributed by atoms with van der Waals surface area (Å²) >= 11 is 0. The summed E-state index contributed by atoms with van der Waals surface area (Å²) in [5.74, 6) is -0.683. The minimum atomic E-state index is -3.93. The van der Waals surface area contributed by atoms with Crippen molar-refractivity contribution in [3.8, 4) is 11.5 Å². The summed E-state index contributed by atoms with van der Waals surface area (Å²) in [6.45, 7) is 3.35. The van der Waals surface area contributed by atoms with Crippen LogP contribution in [0.5, 0.6) is 11.5 Å². The molecule has 0 radical (unpaired) electrons. The van der Waals surface area contributed by atoms with Crippen LogP contribution in [0.3, 0.4) is 0 Å². The number of rotatable bonds is 9. The molecule has 0 saturated heterocycles. The molecule has 0 spiro atoms. The van der Waals surface area contributed by atoms with Crippen molar-refractivity contribution >= 4 is 33.3 Å². The highest BCUT2D eigenvalue weighted by Crippen LogP contribution is 2.35. The molecule has 3 atom stereocenters. The van der Waals surface area contributed by atoms with Gasteiger partial charge in [0.1, 0.15) is 17.7 Å². The van der Waals surface area contributed by atoms with E-state index in [0.717, 1.165) is 0 Å². The Kier molecular flexibility index (Phi) is 9.89. The lowest BCUT2D eigenvalue weighted by Crippen LogP contribution is -2.50. The van der Waals surface area contributed by atoms with Crippen molar-refractivity contribution < 1.29 is 37.0 Å². The number of likely N-dealkylation sites (N-methyl/N-ethyl adjacent to an activating group) is 1. The van der Waals surface area contributed by atoms with Crippen molar-refractivity contribution in [2.24, 2.45) is 5.92 Å². The van der Waals surface area contributed by atoms with Crippen molar-refractivity contribution in [1.82, 2.24) is 9.21 Å². The molecule has 230 valence electrons. The number of aliphatic hydroxyl groups excluding tert-OH is 1. The van der Waals surface area contributed by atoms with Gasteiger partial charge in [-0.15, -0.1) is 0 Å². The van der Waals surface area contributed by atoms with Gasteiger partial charge in [-0.3, -0.25) is 4.79 Å². The standard InChI is InChI=1S/C30H35FN4O7S/c1-19-16-35(20(2)18-36)29(37)25-6-5-7-26(33-30(38)32-22-10-8-21(31)9-11-22)28(25)42-27(19)17-34(3)43(39,40)24-14-12-23(41-4)13-15-24/h5-15,19-20,27,36H,16-18H2,1-4H3,(H2,32,33,38)/t19-,20+,27+/m1/s1. The molecule has 0 aliphatic carbocycles. The Hall–Kier alpha value is -4.20. The van der Waals surface area contributed by atoms with E-state index in [4.69, 9.17) is 9.47 Å². The Labute approximate surface area is 250 Å². The Balaban J connectivity index is 1.67. The molecule has 0 bridgehead atoms. The first-order valence-corrected chi connectivity index (χ1v) is 15.0. The zero-order valence-corrected chi connectivity index (χ0v) is 25.1. The van der Waals surface area contributed by atoms with Gasteiger partial charge in [-0.1, -0.05) is 13.0 Å². The number of amides is 3. The first-order valence-electron chi connectivity index (χ1n) is 13.6. The average Bonchev–Trinajstić information content (AvgIpc) is 2.99. The quantitative estimate of drug-likeness (QED) is 0.331. The number of ether oxygens (including phenoxy) is 2. The lowest BCUT2D eigenvalue weighted by molar-refractivity contribution is 0.0389. The molecular weight excluding hydrogens is 579 g/mol. The number of aliphatic hydroxyl groups is 1. The van der Waals surface area contributed by atoms with E-state index in [1.165, 1.54) is 59.8 Å². The van der Waals surface area contributed by atoms with Gasteiger partial charge >= 0.3 is 6.03 Å². The molecule has 0 unspecified atom stereocenters. The molecule has 3 amide bonds. The first-order chi connectivity index (χ1) is 20.4. The molecule has 0 aromatic heterocycles. The Bertz CT molecular complexity index is 1550. The van der Waals surface area contributed by atoms with Gasteiger partial charge in [0.2, 0.25) is 10.0 Å². The Morgan fingerprint density at radius 2 is 1.81 bits per heavy atom. The number of carbonyl (C=O) groups excluding carboxylic acids is 2. The second-order valence-corrected chi connectivity index (χ2v) is 12.4. The summed E-state index contributed by atoms with van der Waals surface area (Å²) in [6.07, 6.45) is -0.763. The topological polar surface area (TPSA) is 138 Å². The van der Waals surface area contributed by atoms with E-state index in [1.807, 2.05) is 6.92 Å². The maximum absolute atomic E-state index is 13.7. The third-order valence-electron chi connectivity index (χ3n) is 7.25. The van der Waals surface area contributed by atoms with Gasteiger partial charge in [0.15, 0.2) is 5.75 Å². The van der Waals surface area contributed by atoms with Crippen LogP contribution in [-0.4, -0.2) is 80.7 Å². The molecular formula is C30H35FN4O7S. The number of nitrogens with one attached hydrogen (secondary N) is 2. The van der Waals surface area contributed by atoms with Gasteiger partial charge in [0.25, 0.3) is 5.91 Å². The maximum Gasteiger partial charge on any atom is 0.323 e. The predicted molar refractivity (Wildman–Crippen MR) is 159 cm³/mol. The predicted octanol–water partition coefficient (Wildman–Crippen LogP) is 4.02. The summed E-state index contributed by atoms with van der Waals surface area (Å²) in [6, 6.07) is 14.7. The van der Waals surface area contributed by atoms with Gasteiger partial charge in [-0.05, 0) is 67.6 Å². The number of nitrogens with zero attached hydrogens (tertiary/aromatic N) is 2. The van der Waals surface area contributed by atoms with Crippen LogP contribution in [0.2, 0.25) is 0 Å². The summed E-state index contributed by atoms with van der Waals surface area (Å²) in [7, 11) is -0.999. The summed E-state index contributed by atoms with van der Waals surface area (Å²) in [5.41, 5.74) is 0.647. The number of anilines is 2. The van der Waals surface area contributed by atoms with Crippen LogP contribution in [0, 0.1) is 11.7 Å². The van der Waals surface area contributed by atoms with E-state index in [2.05, 4.69) is 10.6 Å². The third kappa shape index (κ3) is 7.24. The number of benzene rings is 3. The highest BCUT2D eigenvalue weighted by atomic mass is 32.2. The van der Waals surface area contributed by atoms with Crippen molar-refractivity contribution in [2.75, 3.05) is 44.5 Å².